The van der Waals surface area contributed by atoms with Crippen LogP contribution in [-0.2, 0) is 22.3 Å². The number of aliphatic hydroxyl groups is 1. The van der Waals surface area contributed by atoms with Crippen molar-refractivity contribution < 1.29 is 14.6 Å². The van der Waals surface area contributed by atoms with Crippen molar-refractivity contribution in [3.8, 4) is 0 Å². The summed E-state index contributed by atoms with van der Waals surface area (Å²) < 4.78 is 11.4. The third-order valence-corrected chi connectivity index (χ3v) is 5.09. The molecule has 3 atom stereocenters. The summed E-state index contributed by atoms with van der Waals surface area (Å²) in [4.78, 5) is 0. The number of benzene rings is 2. The SMILES string of the molecule is OC1[C@@H]2OC[C@H](CC1(Cc1ccccc1)Cc1ccccc1)O2. The molecule has 1 N–H and O–H groups in total. The maximum Gasteiger partial charge on any atom is 0.184 e. The first-order valence-corrected chi connectivity index (χ1v) is 8.28. The standard InChI is InChI=1S/C20H22O3/c21-18-19-22-14-17(23-19)13-20(18,11-15-7-3-1-4-8-15)12-16-9-5-2-6-10-16/h1-10,17-19,21H,11-14H2/t17-,18?,19+/m0/s1. The van der Waals surface area contributed by atoms with Crippen molar-refractivity contribution in [1.82, 2.24) is 0 Å². The fourth-order valence-corrected chi connectivity index (χ4v) is 4.03. The predicted octanol–water partition coefficient (Wildman–Crippen LogP) is 2.96. The van der Waals surface area contributed by atoms with Crippen LogP contribution in [0.4, 0.5) is 0 Å². The van der Waals surface area contributed by atoms with E-state index in [-0.39, 0.29) is 11.5 Å². The zero-order valence-electron chi connectivity index (χ0n) is 13.1. The second kappa shape index (κ2) is 6.08. The van der Waals surface area contributed by atoms with Gasteiger partial charge in [-0.05, 0) is 30.4 Å². The van der Waals surface area contributed by atoms with E-state index in [1.807, 2.05) is 12.1 Å². The second-order valence-electron chi connectivity index (χ2n) is 6.80. The van der Waals surface area contributed by atoms with Crippen molar-refractivity contribution in [3.63, 3.8) is 0 Å². The number of hydrogen-bond acceptors (Lipinski definition) is 3. The quantitative estimate of drug-likeness (QED) is 0.943. The summed E-state index contributed by atoms with van der Waals surface area (Å²) in [5.41, 5.74) is 2.26. The molecule has 2 aliphatic heterocycles. The topological polar surface area (TPSA) is 38.7 Å². The maximum absolute atomic E-state index is 11.0. The largest absolute Gasteiger partial charge is 0.387 e. The minimum atomic E-state index is -0.610. The summed E-state index contributed by atoms with van der Waals surface area (Å²) in [6.45, 7) is 0.590. The molecule has 0 spiro atoms. The number of aliphatic hydroxyl groups excluding tert-OH is 1. The molecule has 1 unspecified atom stereocenters. The lowest BCUT2D eigenvalue weighted by atomic mass is 9.68. The predicted molar refractivity (Wildman–Crippen MR) is 88.0 cm³/mol. The van der Waals surface area contributed by atoms with E-state index >= 15 is 0 Å². The van der Waals surface area contributed by atoms with Crippen LogP contribution in [-0.4, -0.2) is 30.2 Å². The van der Waals surface area contributed by atoms with Crippen LogP contribution in [0.2, 0.25) is 0 Å². The summed E-state index contributed by atoms with van der Waals surface area (Å²) in [7, 11) is 0. The molecule has 2 fully saturated rings. The van der Waals surface area contributed by atoms with Gasteiger partial charge in [-0.25, -0.2) is 0 Å². The summed E-state index contributed by atoms with van der Waals surface area (Å²) in [6, 6.07) is 20.8. The third kappa shape index (κ3) is 2.92. The lowest BCUT2D eigenvalue weighted by Crippen LogP contribution is -2.51. The van der Waals surface area contributed by atoms with Crippen LogP contribution in [0.15, 0.2) is 60.7 Å². The third-order valence-electron chi connectivity index (χ3n) is 5.09. The monoisotopic (exact) mass is 310 g/mol. The Balaban J connectivity index is 1.68. The van der Waals surface area contributed by atoms with E-state index in [0.717, 1.165) is 19.3 Å². The number of ether oxygens (including phenoxy) is 2. The van der Waals surface area contributed by atoms with Crippen LogP contribution in [0, 0.1) is 5.41 Å². The number of hydrogen-bond donors (Lipinski definition) is 1. The summed E-state index contributed by atoms with van der Waals surface area (Å²) in [6.07, 6.45) is 1.50. The van der Waals surface area contributed by atoms with Gasteiger partial charge >= 0.3 is 0 Å². The van der Waals surface area contributed by atoms with Crippen LogP contribution >= 0.6 is 0 Å². The van der Waals surface area contributed by atoms with Gasteiger partial charge in [0.05, 0.1) is 12.7 Å². The van der Waals surface area contributed by atoms with Gasteiger partial charge in [-0.2, -0.15) is 0 Å². The highest BCUT2D eigenvalue weighted by Crippen LogP contribution is 2.45. The lowest BCUT2D eigenvalue weighted by molar-refractivity contribution is -0.205. The van der Waals surface area contributed by atoms with Gasteiger partial charge < -0.3 is 14.6 Å². The van der Waals surface area contributed by atoms with E-state index in [9.17, 15) is 5.11 Å². The first-order valence-electron chi connectivity index (χ1n) is 8.28. The fourth-order valence-electron chi connectivity index (χ4n) is 4.03. The molecule has 23 heavy (non-hydrogen) atoms. The molecule has 0 aromatic heterocycles. The Bertz CT molecular complexity index is 599. The molecular weight excluding hydrogens is 288 g/mol. The normalized spacial score (nSPS) is 28.7. The molecular formula is C20H22O3. The maximum atomic E-state index is 11.0. The summed E-state index contributed by atoms with van der Waals surface area (Å²) in [5.74, 6) is 0. The Morgan fingerprint density at radius 2 is 1.48 bits per heavy atom. The van der Waals surface area contributed by atoms with E-state index < -0.39 is 12.4 Å². The summed E-state index contributed by atoms with van der Waals surface area (Å²) in [5, 5.41) is 11.0. The average Bonchev–Trinajstić information content (AvgIpc) is 2.99. The Morgan fingerprint density at radius 1 is 0.913 bits per heavy atom. The molecule has 2 aromatic carbocycles. The summed E-state index contributed by atoms with van der Waals surface area (Å²) >= 11 is 0. The first kappa shape index (κ1) is 14.9. The highest BCUT2D eigenvalue weighted by molar-refractivity contribution is 5.23. The van der Waals surface area contributed by atoms with E-state index in [4.69, 9.17) is 9.47 Å². The van der Waals surface area contributed by atoms with Crippen LogP contribution in [0.25, 0.3) is 0 Å². The van der Waals surface area contributed by atoms with Crippen molar-refractivity contribution in [2.45, 2.75) is 37.8 Å². The highest BCUT2D eigenvalue weighted by atomic mass is 16.7. The Morgan fingerprint density at radius 3 is 2.04 bits per heavy atom. The van der Waals surface area contributed by atoms with Crippen molar-refractivity contribution >= 4 is 0 Å². The molecule has 2 bridgehead atoms. The van der Waals surface area contributed by atoms with Gasteiger partial charge in [0.15, 0.2) is 6.29 Å². The zero-order valence-corrected chi connectivity index (χ0v) is 13.1. The van der Waals surface area contributed by atoms with Crippen LogP contribution < -0.4 is 0 Å². The molecule has 0 aliphatic carbocycles. The van der Waals surface area contributed by atoms with Gasteiger partial charge in [0.25, 0.3) is 0 Å². The van der Waals surface area contributed by atoms with Crippen molar-refractivity contribution in [2.75, 3.05) is 6.61 Å². The lowest BCUT2D eigenvalue weighted by Gasteiger charge is -2.44. The molecule has 0 saturated carbocycles. The smallest absolute Gasteiger partial charge is 0.184 e. The first-order chi connectivity index (χ1) is 11.3. The number of fused-ring (bicyclic) bond motifs is 2. The van der Waals surface area contributed by atoms with E-state index in [1.165, 1.54) is 11.1 Å². The minimum Gasteiger partial charge on any atom is -0.387 e. The van der Waals surface area contributed by atoms with E-state index in [2.05, 4.69) is 48.5 Å². The van der Waals surface area contributed by atoms with Crippen LogP contribution in [0.5, 0.6) is 0 Å². The minimum absolute atomic E-state index is 0.0934. The fraction of sp³-hybridized carbons (Fsp3) is 0.400. The highest BCUT2D eigenvalue weighted by Gasteiger charge is 2.52. The molecule has 0 amide bonds. The van der Waals surface area contributed by atoms with Gasteiger partial charge in [-0.1, -0.05) is 60.7 Å². The van der Waals surface area contributed by atoms with Crippen LogP contribution in [0.3, 0.4) is 0 Å². The van der Waals surface area contributed by atoms with Gasteiger partial charge in [0.1, 0.15) is 6.10 Å². The second-order valence-corrected chi connectivity index (χ2v) is 6.80. The van der Waals surface area contributed by atoms with E-state index in [1.54, 1.807) is 0 Å². The average molecular weight is 310 g/mol. The van der Waals surface area contributed by atoms with Crippen molar-refractivity contribution in [2.24, 2.45) is 5.41 Å². The molecule has 2 heterocycles. The van der Waals surface area contributed by atoms with Gasteiger partial charge in [0, 0.05) is 5.41 Å². The van der Waals surface area contributed by atoms with Crippen molar-refractivity contribution in [1.29, 1.82) is 0 Å². The van der Waals surface area contributed by atoms with Gasteiger partial charge in [0.2, 0.25) is 0 Å². The Labute approximate surface area is 136 Å². The molecule has 0 radical (unpaired) electrons. The molecule has 120 valence electrons. The molecule has 3 heteroatoms. The van der Waals surface area contributed by atoms with Crippen LogP contribution in [0.1, 0.15) is 17.5 Å². The van der Waals surface area contributed by atoms with Gasteiger partial charge in [-0.15, -0.1) is 0 Å². The van der Waals surface area contributed by atoms with Gasteiger partial charge in [-0.3, -0.25) is 0 Å². The molecule has 4 rings (SSSR count). The van der Waals surface area contributed by atoms with Crippen molar-refractivity contribution in [3.05, 3.63) is 71.8 Å². The Hall–Kier alpha value is -1.68. The molecule has 3 nitrogen and oxygen atoms in total. The Kier molecular flexibility index (Phi) is 3.93. The zero-order chi connectivity index (χ0) is 15.7. The molecule has 2 aliphatic rings. The molecule has 2 saturated heterocycles. The van der Waals surface area contributed by atoms with E-state index in [0.29, 0.717) is 6.61 Å². The molecule has 2 aromatic rings. The number of rotatable bonds is 4.